The molecule has 0 amide bonds. The third kappa shape index (κ3) is 57.1. The van der Waals surface area contributed by atoms with Gasteiger partial charge in [-0.2, -0.15) is 0 Å². The summed E-state index contributed by atoms with van der Waals surface area (Å²) in [6.45, 7) is 6.71. The second-order valence-corrected chi connectivity index (χ2v) is 21.7. The van der Waals surface area contributed by atoms with Crippen LogP contribution in [0.3, 0.4) is 0 Å². The predicted molar refractivity (Wildman–Crippen MR) is 303 cm³/mol. The van der Waals surface area contributed by atoms with Crippen LogP contribution >= 0.6 is 0 Å². The molecule has 0 rings (SSSR count). The summed E-state index contributed by atoms with van der Waals surface area (Å²) in [6.07, 6.45) is 69.2. The van der Waals surface area contributed by atoms with Gasteiger partial charge in [0.15, 0.2) is 6.10 Å². The molecule has 0 aromatic carbocycles. The van der Waals surface area contributed by atoms with Crippen LogP contribution in [-0.4, -0.2) is 37.2 Å². The Morgan fingerprint density at radius 2 is 0.471 bits per heavy atom. The zero-order chi connectivity index (χ0) is 50.7. The predicted octanol–water partition coefficient (Wildman–Crippen LogP) is 21.3. The molecule has 70 heavy (non-hydrogen) atoms. The molecule has 0 heterocycles. The lowest BCUT2D eigenvalue weighted by Gasteiger charge is -2.18. The van der Waals surface area contributed by atoms with Gasteiger partial charge >= 0.3 is 17.9 Å². The van der Waals surface area contributed by atoms with E-state index in [0.29, 0.717) is 19.3 Å². The normalized spacial score (nSPS) is 12.0. The van der Waals surface area contributed by atoms with Crippen LogP contribution in [0.5, 0.6) is 0 Å². The molecule has 1 atom stereocenters. The molecule has 0 saturated heterocycles. The monoisotopic (exact) mass is 987 g/mol. The molecular weight excluding hydrogens is 865 g/mol. The van der Waals surface area contributed by atoms with E-state index in [1.54, 1.807) is 0 Å². The Bertz CT molecular complexity index is 1090. The quantitative estimate of drug-likeness (QED) is 0.0261. The molecule has 0 bridgehead atoms. The Labute approximate surface area is 437 Å². The van der Waals surface area contributed by atoms with Gasteiger partial charge in [0.1, 0.15) is 13.2 Å². The SMILES string of the molecule is CCCCCCCCCC/C=C\CCCCCCCCCC(=O)OC[C@@H](COC(=O)CCCCCCCCCCCCCCCCCC)OC(=O)CCCCCCCCCCCCCCCCCCC. The highest BCUT2D eigenvalue weighted by atomic mass is 16.6. The first-order valence-corrected chi connectivity index (χ1v) is 31.7. The largest absolute Gasteiger partial charge is 0.462 e. The number of hydrogen-bond acceptors (Lipinski definition) is 6. The number of hydrogen-bond donors (Lipinski definition) is 0. The van der Waals surface area contributed by atoms with Crippen molar-refractivity contribution in [2.45, 2.75) is 367 Å². The first-order valence-electron chi connectivity index (χ1n) is 31.7. The summed E-state index contributed by atoms with van der Waals surface area (Å²) < 4.78 is 16.9. The van der Waals surface area contributed by atoms with Crippen LogP contribution in [0.15, 0.2) is 12.2 Å². The molecule has 0 spiro atoms. The molecule has 414 valence electrons. The summed E-state index contributed by atoms with van der Waals surface area (Å²) in [7, 11) is 0. The van der Waals surface area contributed by atoms with Crippen LogP contribution < -0.4 is 0 Å². The van der Waals surface area contributed by atoms with Crippen LogP contribution in [-0.2, 0) is 28.6 Å². The third-order valence-corrected chi connectivity index (χ3v) is 14.5. The fourth-order valence-corrected chi connectivity index (χ4v) is 9.74. The minimum atomic E-state index is -0.767. The Hall–Kier alpha value is -1.85. The van der Waals surface area contributed by atoms with E-state index in [1.165, 1.54) is 263 Å². The van der Waals surface area contributed by atoms with Crippen LogP contribution in [0, 0.1) is 0 Å². The first kappa shape index (κ1) is 68.2. The lowest BCUT2D eigenvalue weighted by atomic mass is 10.0. The average Bonchev–Trinajstić information content (AvgIpc) is 3.36. The highest BCUT2D eigenvalue weighted by Gasteiger charge is 2.19. The highest BCUT2D eigenvalue weighted by Crippen LogP contribution is 2.18. The summed E-state index contributed by atoms with van der Waals surface area (Å²) in [5.41, 5.74) is 0. The molecule has 0 aliphatic carbocycles. The summed E-state index contributed by atoms with van der Waals surface area (Å²) >= 11 is 0. The molecule has 0 unspecified atom stereocenters. The van der Waals surface area contributed by atoms with Crippen LogP contribution in [0.1, 0.15) is 361 Å². The van der Waals surface area contributed by atoms with Gasteiger partial charge in [-0.3, -0.25) is 14.4 Å². The van der Waals surface area contributed by atoms with E-state index >= 15 is 0 Å². The van der Waals surface area contributed by atoms with Crippen molar-refractivity contribution in [2.24, 2.45) is 0 Å². The van der Waals surface area contributed by atoms with E-state index < -0.39 is 6.10 Å². The molecule has 0 aliphatic rings. The van der Waals surface area contributed by atoms with Crippen molar-refractivity contribution in [3.05, 3.63) is 12.2 Å². The van der Waals surface area contributed by atoms with E-state index in [-0.39, 0.29) is 31.1 Å². The Balaban J connectivity index is 4.30. The second kappa shape index (κ2) is 59.7. The highest BCUT2D eigenvalue weighted by molar-refractivity contribution is 5.71. The van der Waals surface area contributed by atoms with Gasteiger partial charge in [0.05, 0.1) is 0 Å². The molecule has 0 radical (unpaired) electrons. The molecule has 6 nitrogen and oxygen atoms in total. The molecule has 0 aliphatic heterocycles. The van der Waals surface area contributed by atoms with E-state index in [9.17, 15) is 14.4 Å². The van der Waals surface area contributed by atoms with Gasteiger partial charge < -0.3 is 14.2 Å². The minimum Gasteiger partial charge on any atom is -0.462 e. The van der Waals surface area contributed by atoms with Gasteiger partial charge in [0.25, 0.3) is 0 Å². The topological polar surface area (TPSA) is 78.9 Å². The maximum Gasteiger partial charge on any atom is 0.306 e. The van der Waals surface area contributed by atoms with Crippen molar-refractivity contribution < 1.29 is 28.6 Å². The lowest BCUT2D eigenvalue weighted by molar-refractivity contribution is -0.167. The van der Waals surface area contributed by atoms with Crippen molar-refractivity contribution in [1.82, 2.24) is 0 Å². The summed E-state index contributed by atoms with van der Waals surface area (Å²) in [6, 6.07) is 0. The number of unbranched alkanes of at least 4 members (excludes halogenated alkanes) is 46. The van der Waals surface area contributed by atoms with E-state index in [1.807, 2.05) is 0 Å². The molecule has 0 aromatic rings. The molecule has 6 heteroatoms. The van der Waals surface area contributed by atoms with Gasteiger partial charge in [-0.25, -0.2) is 0 Å². The Morgan fingerprint density at radius 1 is 0.271 bits per heavy atom. The maximum atomic E-state index is 12.9. The Kier molecular flexibility index (Phi) is 58.1. The van der Waals surface area contributed by atoms with Crippen molar-refractivity contribution in [1.29, 1.82) is 0 Å². The molecule has 0 N–H and O–H groups in total. The van der Waals surface area contributed by atoms with Crippen molar-refractivity contribution >= 4 is 17.9 Å². The molecule has 0 aromatic heterocycles. The van der Waals surface area contributed by atoms with E-state index in [2.05, 4.69) is 32.9 Å². The fraction of sp³-hybridized carbons (Fsp3) is 0.922. The number of esters is 3. The summed E-state index contributed by atoms with van der Waals surface area (Å²) in [4.78, 5) is 38.3. The zero-order valence-corrected chi connectivity index (χ0v) is 47.6. The molecule has 0 fully saturated rings. The van der Waals surface area contributed by atoms with Crippen LogP contribution in [0.25, 0.3) is 0 Å². The third-order valence-electron chi connectivity index (χ3n) is 14.5. The standard InChI is InChI=1S/C64H122O6/c1-4-7-10-13-16-19-22-25-28-31-32-34-36-39-42-45-48-51-54-57-63(66)69-60-61(59-68-62(65)56-53-50-47-44-41-38-35-30-27-24-21-18-15-12-9-6-3)70-64(67)58-55-52-49-46-43-40-37-33-29-26-23-20-17-14-11-8-5-2/h31-32,61H,4-30,33-60H2,1-3H3/b32-31-/t61-/m1/s1. The van der Waals surface area contributed by atoms with Crippen LogP contribution in [0.4, 0.5) is 0 Å². The van der Waals surface area contributed by atoms with Crippen molar-refractivity contribution in [2.75, 3.05) is 13.2 Å². The molecule has 0 saturated carbocycles. The van der Waals surface area contributed by atoms with Gasteiger partial charge in [-0.05, 0) is 44.9 Å². The van der Waals surface area contributed by atoms with Crippen molar-refractivity contribution in [3.63, 3.8) is 0 Å². The number of carbonyl (C=O) groups is 3. The van der Waals surface area contributed by atoms with Gasteiger partial charge in [-0.15, -0.1) is 0 Å². The number of carbonyl (C=O) groups excluding carboxylic acids is 3. The summed E-state index contributed by atoms with van der Waals surface area (Å²) in [5, 5.41) is 0. The first-order chi connectivity index (χ1) is 34.5. The fourth-order valence-electron chi connectivity index (χ4n) is 9.74. The lowest BCUT2D eigenvalue weighted by Crippen LogP contribution is -2.30. The van der Waals surface area contributed by atoms with Crippen molar-refractivity contribution in [3.8, 4) is 0 Å². The van der Waals surface area contributed by atoms with E-state index in [4.69, 9.17) is 14.2 Å². The maximum absolute atomic E-state index is 12.9. The number of allylic oxidation sites excluding steroid dienone is 2. The zero-order valence-electron chi connectivity index (χ0n) is 47.6. The van der Waals surface area contributed by atoms with E-state index in [0.717, 1.165) is 57.8 Å². The summed E-state index contributed by atoms with van der Waals surface area (Å²) in [5.74, 6) is -0.838. The average molecular weight is 988 g/mol. The second-order valence-electron chi connectivity index (χ2n) is 21.7. The van der Waals surface area contributed by atoms with Gasteiger partial charge in [0, 0.05) is 19.3 Å². The molecular formula is C64H122O6. The number of rotatable bonds is 59. The van der Waals surface area contributed by atoms with Gasteiger partial charge in [-0.1, -0.05) is 309 Å². The minimum absolute atomic E-state index is 0.0647. The van der Waals surface area contributed by atoms with Gasteiger partial charge in [0.2, 0.25) is 0 Å². The Morgan fingerprint density at radius 3 is 0.714 bits per heavy atom. The van der Waals surface area contributed by atoms with Crippen LogP contribution in [0.2, 0.25) is 0 Å². The number of ether oxygens (including phenoxy) is 3. The smallest absolute Gasteiger partial charge is 0.306 e.